The molecule has 1 aliphatic rings. The minimum atomic E-state index is -4.36. The van der Waals surface area contributed by atoms with Crippen LogP contribution in [0.4, 0.5) is 13.2 Å². The van der Waals surface area contributed by atoms with Crippen molar-refractivity contribution in [2.24, 2.45) is 23.0 Å². The lowest BCUT2D eigenvalue weighted by molar-refractivity contribution is -0.168. The normalized spacial score (nSPS) is 29.2. The quantitative estimate of drug-likeness (QED) is 0.867. The molecule has 21 heavy (non-hydrogen) atoms. The standard InChI is InChI=1S/C15H27F3N2O/c1-5-8-20(9-15(16,17)18)13(21)11-6-7-12(19)10(2)14(11,3)4/h10-12H,5-9,19H2,1-4H3. The molecule has 3 nitrogen and oxygen atoms in total. The van der Waals surface area contributed by atoms with Crippen molar-refractivity contribution in [3.05, 3.63) is 0 Å². The van der Waals surface area contributed by atoms with Crippen molar-refractivity contribution in [2.45, 2.75) is 59.2 Å². The summed E-state index contributed by atoms with van der Waals surface area (Å²) in [5.41, 5.74) is 5.67. The van der Waals surface area contributed by atoms with E-state index in [0.717, 1.165) is 4.90 Å². The minimum absolute atomic E-state index is 0.00583. The van der Waals surface area contributed by atoms with Gasteiger partial charge in [-0.15, -0.1) is 0 Å². The summed E-state index contributed by atoms with van der Waals surface area (Å²) in [6.45, 7) is 6.63. The molecule has 6 heteroatoms. The van der Waals surface area contributed by atoms with E-state index in [9.17, 15) is 18.0 Å². The Morgan fingerprint density at radius 2 is 1.90 bits per heavy atom. The molecule has 1 fully saturated rings. The first-order valence-electron chi connectivity index (χ1n) is 7.61. The third-order valence-electron chi connectivity index (χ3n) is 4.98. The zero-order valence-corrected chi connectivity index (χ0v) is 13.3. The van der Waals surface area contributed by atoms with Crippen molar-refractivity contribution in [1.29, 1.82) is 0 Å². The molecular formula is C15H27F3N2O. The van der Waals surface area contributed by atoms with Crippen LogP contribution >= 0.6 is 0 Å². The number of carbonyl (C=O) groups is 1. The summed E-state index contributed by atoms with van der Waals surface area (Å²) >= 11 is 0. The fourth-order valence-electron chi connectivity index (χ4n) is 3.27. The van der Waals surface area contributed by atoms with Gasteiger partial charge in [-0.05, 0) is 30.6 Å². The number of nitrogens with zero attached hydrogens (tertiary/aromatic N) is 1. The molecule has 0 aliphatic heterocycles. The van der Waals surface area contributed by atoms with Gasteiger partial charge in [-0.2, -0.15) is 13.2 Å². The number of rotatable bonds is 4. The smallest absolute Gasteiger partial charge is 0.333 e. The van der Waals surface area contributed by atoms with E-state index in [1.165, 1.54) is 0 Å². The predicted octanol–water partition coefficient (Wildman–Crippen LogP) is 3.19. The second kappa shape index (κ2) is 6.55. The van der Waals surface area contributed by atoms with Gasteiger partial charge in [0.05, 0.1) is 0 Å². The van der Waals surface area contributed by atoms with E-state index < -0.39 is 12.7 Å². The van der Waals surface area contributed by atoms with Crippen LogP contribution in [0.3, 0.4) is 0 Å². The fraction of sp³-hybridized carbons (Fsp3) is 0.933. The second-order valence-electron chi connectivity index (χ2n) is 6.78. The van der Waals surface area contributed by atoms with Crippen molar-refractivity contribution < 1.29 is 18.0 Å². The van der Waals surface area contributed by atoms with Crippen LogP contribution in [0.2, 0.25) is 0 Å². The van der Waals surface area contributed by atoms with E-state index in [0.29, 0.717) is 19.3 Å². The Bertz CT molecular complexity index is 368. The Morgan fingerprint density at radius 1 is 1.33 bits per heavy atom. The van der Waals surface area contributed by atoms with E-state index >= 15 is 0 Å². The van der Waals surface area contributed by atoms with Crippen LogP contribution in [0.5, 0.6) is 0 Å². The predicted molar refractivity (Wildman–Crippen MR) is 76.6 cm³/mol. The average molecular weight is 308 g/mol. The van der Waals surface area contributed by atoms with Crippen LogP contribution in [-0.4, -0.2) is 36.1 Å². The van der Waals surface area contributed by atoms with E-state index in [-0.39, 0.29) is 35.7 Å². The summed E-state index contributed by atoms with van der Waals surface area (Å²) in [6.07, 6.45) is -2.59. The molecule has 3 atom stereocenters. The Balaban J connectivity index is 2.92. The van der Waals surface area contributed by atoms with Gasteiger partial charge in [0.25, 0.3) is 0 Å². The number of alkyl halides is 3. The molecule has 2 N–H and O–H groups in total. The third-order valence-corrected chi connectivity index (χ3v) is 4.98. The number of halogens is 3. The Hall–Kier alpha value is -0.780. The van der Waals surface area contributed by atoms with E-state index in [2.05, 4.69) is 0 Å². The zero-order chi connectivity index (χ0) is 16.4. The van der Waals surface area contributed by atoms with Crippen LogP contribution in [-0.2, 0) is 4.79 Å². The molecule has 1 saturated carbocycles. The Morgan fingerprint density at radius 3 is 2.38 bits per heavy atom. The summed E-state index contributed by atoms with van der Waals surface area (Å²) in [5, 5.41) is 0. The lowest BCUT2D eigenvalue weighted by Gasteiger charge is -2.47. The number of carbonyl (C=O) groups excluding carboxylic acids is 1. The van der Waals surface area contributed by atoms with Crippen molar-refractivity contribution in [1.82, 2.24) is 4.90 Å². The zero-order valence-electron chi connectivity index (χ0n) is 13.3. The van der Waals surface area contributed by atoms with Crippen LogP contribution in [0.15, 0.2) is 0 Å². The molecule has 0 radical (unpaired) electrons. The molecule has 0 heterocycles. The van der Waals surface area contributed by atoms with Crippen LogP contribution in [0, 0.1) is 17.3 Å². The maximum Gasteiger partial charge on any atom is 0.406 e. The topological polar surface area (TPSA) is 46.3 Å². The van der Waals surface area contributed by atoms with E-state index in [1.54, 1.807) is 6.92 Å². The maximum atomic E-state index is 12.7. The van der Waals surface area contributed by atoms with Gasteiger partial charge in [0.2, 0.25) is 5.91 Å². The molecule has 0 bridgehead atoms. The third kappa shape index (κ3) is 4.34. The van der Waals surface area contributed by atoms with Crippen molar-refractivity contribution in [3.8, 4) is 0 Å². The molecule has 1 rings (SSSR count). The van der Waals surface area contributed by atoms with Gasteiger partial charge >= 0.3 is 6.18 Å². The van der Waals surface area contributed by atoms with E-state index in [1.807, 2.05) is 20.8 Å². The highest BCUT2D eigenvalue weighted by molar-refractivity contribution is 5.80. The summed E-state index contributed by atoms with van der Waals surface area (Å²) in [4.78, 5) is 13.6. The lowest BCUT2D eigenvalue weighted by Crippen LogP contribution is -2.53. The Labute approximate surface area is 125 Å². The van der Waals surface area contributed by atoms with Crippen LogP contribution in [0.25, 0.3) is 0 Å². The molecule has 0 saturated heterocycles. The van der Waals surface area contributed by atoms with Gasteiger partial charge < -0.3 is 10.6 Å². The molecule has 1 aliphatic carbocycles. The molecule has 0 aromatic carbocycles. The van der Waals surface area contributed by atoms with Gasteiger partial charge in [0, 0.05) is 18.5 Å². The lowest BCUT2D eigenvalue weighted by atomic mass is 9.60. The summed E-state index contributed by atoms with van der Waals surface area (Å²) in [6, 6.07) is 0.00583. The van der Waals surface area contributed by atoms with Crippen LogP contribution in [0.1, 0.15) is 47.0 Å². The van der Waals surface area contributed by atoms with Crippen molar-refractivity contribution >= 4 is 5.91 Å². The van der Waals surface area contributed by atoms with Crippen molar-refractivity contribution in [2.75, 3.05) is 13.1 Å². The van der Waals surface area contributed by atoms with Gasteiger partial charge in [-0.25, -0.2) is 0 Å². The number of hydrogen-bond donors (Lipinski definition) is 1. The number of amides is 1. The molecule has 3 unspecified atom stereocenters. The monoisotopic (exact) mass is 308 g/mol. The van der Waals surface area contributed by atoms with Gasteiger partial charge in [-0.1, -0.05) is 27.7 Å². The minimum Gasteiger partial charge on any atom is -0.333 e. The first-order valence-corrected chi connectivity index (χ1v) is 7.61. The van der Waals surface area contributed by atoms with Gasteiger partial charge in [-0.3, -0.25) is 4.79 Å². The molecule has 0 aromatic heterocycles. The largest absolute Gasteiger partial charge is 0.406 e. The molecule has 124 valence electrons. The van der Waals surface area contributed by atoms with Crippen molar-refractivity contribution in [3.63, 3.8) is 0 Å². The second-order valence-corrected chi connectivity index (χ2v) is 6.78. The van der Waals surface area contributed by atoms with Gasteiger partial charge in [0.15, 0.2) is 0 Å². The average Bonchev–Trinajstić information content (AvgIpc) is 2.33. The Kier molecular flexibility index (Phi) is 5.69. The summed E-state index contributed by atoms with van der Waals surface area (Å²) in [5.74, 6) is -0.659. The first kappa shape index (κ1) is 18.3. The highest BCUT2D eigenvalue weighted by Crippen LogP contribution is 2.45. The maximum absolute atomic E-state index is 12.7. The van der Waals surface area contributed by atoms with E-state index in [4.69, 9.17) is 5.73 Å². The molecular weight excluding hydrogens is 281 g/mol. The number of hydrogen-bond acceptors (Lipinski definition) is 2. The van der Waals surface area contributed by atoms with Crippen LogP contribution < -0.4 is 5.73 Å². The fourth-order valence-corrected chi connectivity index (χ4v) is 3.27. The summed E-state index contributed by atoms with van der Waals surface area (Å²) in [7, 11) is 0. The van der Waals surface area contributed by atoms with Gasteiger partial charge in [0.1, 0.15) is 6.54 Å². The first-order chi connectivity index (χ1) is 9.50. The molecule has 0 aromatic rings. The number of nitrogens with two attached hydrogens (primary N) is 1. The molecule has 0 spiro atoms. The highest BCUT2D eigenvalue weighted by Gasteiger charge is 2.47. The molecule has 1 amide bonds. The highest BCUT2D eigenvalue weighted by atomic mass is 19.4. The summed E-state index contributed by atoms with van der Waals surface area (Å²) < 4.78 is 38.0. The SMILES string of the molecule is CCCN(CC(F)(F)F)C(=O)C1CCC(N)C(C)C1(C)C.